The van der Waals surface area contributed by atoms with Crippen molar-refractivity contribution >= 4 is 5.78 Å². The topological polar surface area (TPSA) is 55.3 Å². The molecule has 2 aliphatic rings. The number of nitrogens with zero attached hydrogens (tertiary/aromatic N) is 3. The summed E-state index contributed by atoms with van der Waals surface area (Å²) in [6, 6.07) is 0.728. The van der Waals surface area contributed by atoms with Gasteiger partial charge in [0.15, 0.2) is 5.78 Å². The molecule has 0 amide bonds. The Labute approximate surface area is 106 Å². The lowest BCUT2D eigenvalue weighted by Gasteiger charge is -2.46. The van der Waals surface area contributed by atoms with Gasteiger partial charge in [-0.1, -0.05) is 0 Å². The van der Waals surface area contributed by atoms with Crippen LogP contribution in [0, 0.1) is 5.92 Å². The molecule has 18 heavy (non-hydrogen) atoms. The van der Waals surface area contributed by atoms with Crippen molar-refractivity contribution in [3.63, 3.8) is 0 Å². The van der Waals surface area contributed by atoms with Gasteiger partial charge in [0, 0.05) is 30.4 Å². The Hall–Kier alpha value is -1.33. The van der Waals surface area contributed by atoms with E-state index in [2.05, 4.69) is 21.9 Å². The second-order valence-electron chi connectivity index (χ2n) is 5.13. The zero-order valence-corrected chi connectivity index (χ0v) is 10.5. The number of piperidine rings is 1. The molecule has 0 radical (unpaired) electrons. The molecular formula is C13H17N3O2. The highest BCUT2D eigenvalue weighted by molar-refractivity contribution is 5.95. The third-order valence-corrected chi connectivity index (χ3v) is 4.07. The van der Waals surface area contributed by atoms with Gasteiger partial charge in [-0.3, -0.25) is 14.7 Å². The molecule has 2 aliphatic heterocycles. The molecule has 0 aromatic carbocycles. The number of hydrogen-bond donors (Lipinski definition) is 0. The van der Waals surface area contributed by atoms with Crippen LogP contribution in [0.5, 0.6) is 0 Å². The number of Topliss-reactive ketones (excluding diaryl/α,β-unsaturated/α-hetero) is 1. The summed E-state index contributed by atoms with van der Waals surface area (Å²) >= 11 is 0. The Morgan fingerprint density at radius 1 is 1.33 bits per heavy atom. The van der Waals surface area contributed by atoms with Crippen molar-refractivity contribution in [1.82, 2.24) is 14.9 Å². The van der Waals surface area contributed by atoms with Crippen LogP contribution in [-0.2, 0) is 4.74 Å². The van der Waals surface area contributed by atoms with E-state index in [1.54, 1.807) is 18.6 Å². The highest BCUT2D eigenvalue weighted by atomic mass is 16.5. The molecule has 2 saturated heterocycles. The third-order valence-electron chi connectivity index (χ3n) is 4.07. The number of ether oxygens (including phenoxy) is 1. The first-order chi connectivity index (χ1) is 8.75. The summed E-state index contributed by atoms with van der Waals surface area (Å²) in [6.07, 6.45) is 6.46. The Morgan fingerprint density at radius 3 is 2.67 bits per heavy atom. The van der Waals surface area contributed by atoms with Gasteiger partial charge in [0.2, 0.25) is 0 Å². The number of hydrogen-bond acceptors (Lipinski definition) is 5. The maximum absolute atomic E-state index is 12.4. The van der Waals surface area contributed by atoms with Crippen molar-refractivity contribution in [1.29, 1.82) is 0 Å². The Balaban J connectivity index is 1.76. The number of carbonyl (C=O) groups is 1. The number of ketones is 1. The third kappa shape index (κ3) is 2.04. The van der Waals surface area contributed by atoms with Crippen LogP contribution in [0.2, 0.25) is 0 Å². The number of morpholine rings is 1. The first-order valence-corrected chi connectivity index (χ1v) is 6.35. The van der Waals surface area contributed by atoms with Crippen molar-refractivity contribution in [2.24, 2.45) is 5.92 Å². The summed E-state index contributed by atoms with van der Waals surface area (Å²) in [5, 5.41) is 0. The Morgan fingerprint density at radius 2 is 2.06 bits per heavy atom. The fourth-order valence-electron chi connectivity index (χ4n) is 2.94. The molecule has 5 nitrogen and oxygen atoms in total. The number of aromatic nitrogens is 2. The summed E-state index contributed by atoms with van der Waals surface area (Å²) in [4.78, 5) is 22.8. The molecule has 2 atom stereocenters. The van der Waals surface area contributed by atoms with Gasteiger partial charge >= 0.3 is 0 Å². The van der Waals surface area contributed by atoms with Gasteiger partial charge in [-0.25, -0.2) is 4.98 Å². The van der Waals surface area contributed by atoms with Crippen LogP contribution in [0.3, 0.4) is 0 Å². The maximum Gasteiger partial charge on any atom is 0.185 e. The number of rotatable bonds is 2. The van der Waals surface area contributed by atoms with E-state index in [4.69, 9.17) is 4.74 Å². The van der Waals surface area contributed by atoms with Gasteiger partial charge in [-0.2, -0.15) is 0 Å². The highest BCUT2D eigenvalue weighted by Gasteiger charge is 2.39. The zero-order valence-electron chi connectivity index (χ0n) is 10.5. The lowest BCUT2D eigenvalue weighted by Crippen LogP contribution is -2.55. The predicted octanol–water partition coefficient (Wildman–Crippen LogP) is 0.768. The van der Waals surface area contributed by atoms with Crippen LogP contribution in [0.15, 0.2) is 18.6 Å². The minimum atomic E-state index is 0.0665. The van der Waals surface area contributed by atoms with Crippen molar-refractivity contribution in [3.8, 4) is 0 Å². The molecule has 3 rings (SSSR count). The minimum absolute atomic E-state index is 0.0665. The molecule has 0 spiro atoms. The lowest BCUT2D eigenvalue weighted by atomic mass is 9.82. The van der Waals surface area contributed by atoms with Gasteiger partial charge in [-0.15, -0.1) is 0 Å². The van der Waals surface area contributed by atoms with Gasteiger partial charge in [0.25, 0.3) is 0 Å². The second kappa shape index (κ2) is 4.74. The Kier molecular flexibility index (Phi) is 3.09. The summed E-state index contributed by atoms with van der Waals surface area (Å²) in [5.41, 5.74) is 0.492. The molecule has 1 aromatic rings. The lowest BCUT2D eigenvalue weighted by molar-refractivity contribution is -0.0703. The Bertz CT molecular complexity index is 423. The highest BCUT2D eigenvalue weighted by Crippen LogP contribution is 2.31. The summed E-state index contributed by atoms with van der Waals surface area (Å²) in [6.45, 7) is 1.47. The fourth-order valence-corrected chi connectivity index (χ4v) is 2.94. The van der Waals surface area contributed by atoms with E-state index < -0.39 is 0 Å². The average molecular weight is 247 g/mol. The van der Waals surface area contributed by atoms with Crippen LogP contribution in [-0.4, -0.2) is 53.0 Å². The molecule has 0 N–H and O–H groups in total. The quantitative estimate of drug-likeness (QED) is 0.722. The van der Waals surface area contributed by atoms with Crippen molar-refractivity contribution < 1.29 is 9.53 Å². The maximum atomic E-state index is 12.4. The van der Waals surface area contributed by atoms with Crippen LogP contribution < -0.4 is 0 Å². The van der Waals surface area contributed by atoms with Crippen LogP contribution in [0.1, 0.15) is 23.3 Å². The zero-order chi connectivity index (χ0) is 12.5. The van der Waals surface area contributed by atoms with E-state index in [9.17, 15) is 4.79 Å². The molecule has 2 bridgehead atoms. The number of fused-ring (bicyclic) bond motifs is 2. The molecule has 1 aromatic heterocycles. The molecule has 0 saturated carbocycles. The van der Waals surface area contributed by atoms with E-state index in [1.807, 2.05) is 0 Å². The minimum Gasteiger partial charge on any atom is -0.378 e. The summed E-state index contributed by atoms with van der Waals surface area (Å²) in [7, 11) is 2.13. The van der Waals surface area contributed by atoms with Gasteiger partial charge in [0.05, 0.1) is 19.4 Å². The van der Waals surface area contributed by atoms with E-state index in [0.717, 1.165) is 26.1 Å². The van der Waals surface area contributed by atoms with Gasteiger partial charge in [0.1, 0.15) is 5.69 Å². The van der Waals surface area contributed by atoms with Crippen molar-refractivity contribution in [2.75, 3.05) is 20.3 Å². The normalized spacial score (nSPS) is 32.2. The van der Waals surface area contributed by atoms with Gasteiger partial charge < -0.3 is 4.74 Å². The molecule has 2 unspecified atom stereocenters. The largest absolute Gasteiger partial charge is 0.378 e. The standard InChI is InChI=1S/C13H17N3O2/c1-16-10-4-9(5-11(16)8-18-7-10)13(17)12-6-14-2-3-15-12/h2-3,6,9-11H,4-5,7-8H2,1H3. The molecule has 5 heteroatoms. The fraction of sp³-hybridized carbons (Fsp3) is 0.615. The monoisotopic (exact) mass is 247 g/mol. The first kappa shape index (κ1) is 11.7. The molecule has 3 heterocycles. The van der Waals surface area contributed by atoms with Gasteiger partial charge in [-0.05, 0) is 19.9 Å². The van der Waals surface area contributed by atoms with Crippen LogP contribution >= 0.6 is 0 Å². The number of likely N-dealkylation sites (N-methyl/N-ethyl adjacent to an activating group) is 1. The number of carbonyl (C=O) groups excluding carboxylic acids is 1. The van der Waals surface area contributed by atoms with E-state index in [1.165, 1.54) is 0 Å². The van der Waals surface area contributed by atoms with Crippen LogP contribution in [0.4, 0.5) is 0 Å². The van der Waals surface area contributed by atoms with E-state index in [-0.39, 0.29) is 11.7 Å². The van der Waals surface area contributed by atoms with E-state index in [0.29, 0.717) is 17.8 Å². The van der Waals surface area contributed by atoms with Crippen molar-refractivity contribution in [2.45, 2.75) is 24.9 Å². The summed E-state index contributed by atoms with van der Waals surface area (Å²) in [5.74, 6) is 0.199. The van der Waals surface area contributed by atoms with Crippen LogP contribution in [0.25, 0.3) is 0 Å². The molecular weight excluding hydrogens is 230 g/mol. The molecule has 0 aliphatic carbocycles. The first-order valence-electron chi connectivity index (χ1n) is 6.35. The van der Waals surface area contributed by atoms with E-state index >= 15 is 0 Å². The molecule has 96 valence electrons. The van der Waals surface area contributed by atoms with Crippen molar-refractivity contribution in [3.05, 3.63) is 24.3 Å². The average Bonchev–Trinajstić information content (AvgIpc) is 2.38. The smallest absolute Gasteiger partial charge is 0.185 e. The predicted molar refractivity (Wildman–Crippen MR) is 65.2 cm³/mol. The second-order valence-corrected chi connectivity index (χ2v) is 5.13. The SMILES string of the molecule is CN1C2COCC1CC(C(=O)c1cnccn1)C2. The molecule has 2 fully saturated rings. The summed E-state index contributed by atoms with van der Waals surface area (Å²) < 4.78 is 5.56.